The molecule has 0 atom stereocenters. The molecule has 0 saturated heterocycles. The van der Waals surface area contributed by atoms with Crippen LogP contribution in [0.25, 0.3) is 11.5 Å². The number of carbonyl (C=O) groups excluding carboxylic acids is 1. The number of hydrogen-bond acceptors (Lipinski definition) is 5. The average molecular weight is 278 g/mol. The van der Waals surface area contributed by atoms with Crippen LogP contribution in [0.3, 0.4) is 0 Å². The van der Waals surface area contributed by atoms with Crippen molar-refractivity contribution in [3.05, 3.63) is 29.7 Å². The molecule has 108 valence electrons. The number of nitrogens with one attached hydrogen (secondary N) is 2. The fraction of sp³-hybridized carbons (Fsp3) is 0.385. The molecule has 1 amide bonds. The van der Waals surface area contributed by atoms with Gasteiger partial charge in [-0.1, -0.05) is 0 Å². The van der Waals surface area contributed by atoms with Crippen LogP contribution < -0.4 is 11.1 Å². The van der Waals surface area contributed by atoms with Crippen molar-refractivity contribution in [1.29, 1.82) is 0 Å². The van der Waals surface area contributed by atoms with Gasteiger partial charge in [-0.3, -0.25) is 9.89 Å². The number of nitrogens with zero attached hydrogens (tertiary/aromatic N) is 1. The summed E-state index contributed by atoms with van der Waals surface area (Å²) in [6.07, 6.45) is 1.75. The lowest BCUT2D eigenvalue weighted by atomic mass is 10.2. The van der Waals surface area contributed by atoms with E-state index in [0.717, 1.165) is 22.8 Å². The Morgan fingerprint density at radius 3 is 3.10 bits per heavy atom. The highest BCUT2D eigenvalue weighted by atomic mass is 16.5. The van der Waals surface area contributed by atoms with Gasteiger partial charge in [0.2, 0.25) is 5.91 Å². The summed E-state index contributed by atoms with van der Waals surface area (Å²) in [6, 6.07) is 3.81. The molecule has 2 heterocycles. The lowest BCUT2D eigenvalue weighted by molar-refractivity contribution is -0.122. The zero-order valence-electron chi connectivity index (χ0n) is 11.3. The summed E-state index contributed by atoms with van der Waals surface area (Å²) < 4.78 is 10.6. The van der Waals surface area contributed by atoms with Crippen molar-refractivity contribution in [2.75, 3.05) is 19.8 Å². The Morgan fingerprint density at radius 1 is 1.55 bits per heavy atom. The number of rotatable bonds is 8. The summed E-state index contributed by atoms with van der Waals surface area (Å²) in [6.45, 7) is 3.52. The van der Waals surface area contributed by atoms with Gasteiger partial charge in [-0.2, -0.15) is 5.10 Å². The van der Waals surface area contributed by atoms with Crippen molar-refractivity contribution >= 4 is 5.91 Å². The Morgan fingerprint density at radius 2 is 2.40 bits per heavy atom. The molecular formula is C13H18N4O3. The first-order valence-corrected chi connectivity index (χ1v) is 6.32. The third kappa shape index (κ3) is 3.94. The summed E-state index contributed by atoms with van der Waals surface area (Å²) in [4.78, 5) is 10.5. The smallest absolute Gasteiger partial charge is 0.243 e. The second kappa shape index (κ2) is 6.88. The highest BCUT2D eigenvalue weighted by Gasteiger charge is 2.10. The summed E-state index contributed by atoms with van der Waals surface area (Å²) in [7, 11) is 0. The lowest BCUT2D eigenvalue weighted by Crippen LogP contribution is -2.23. The summed E-state index contributed by atoms with van der Waals surface area (Å²) in [5.74, 6) is 1.16. The predicted molar refractivity (Wildman–Crippen MR) is 72.7 cm³/mol. The van der Waals surface area contributed by atoms with Gasteiger partial charge in [0.1, 0.15) is 18.1 Å². The minimum Gasteiger partial charge on any atom is -0.460 e. The van der Waals surface area contributed by atoms with Crippen LogP contribution in [0, 0.1) is 6.92 Å². The van der Waals surface area contributed by atoms with Gasteiger partial charge < -0.3 is 20.2 Å². The highest BCUT2D eigenvalue weighted by molar-refractivity contribution is 5.74. The third-order valence-corrected chi connectivity index (χ3v) is 2.69. The van der Waals surface area contributed by atoms with Gasteiger partial charge in [-0.25, -0.2) is 0 Å². The van der Waals surface area contributed by atoms with Gasteiger partial charge in [0, 0.05) is 18.7 Å². The number of furan rings is 1. The van der Waals surface area contributed by atoms with Crippen molar-refractivity contribution in [3.8, 4) is 11.5 Å². The Bertz CT molecular complexity index is 561. The average Bonchev–Trinajstić information content (AvgIpc) is 3.01. The van der Waals surface area contributed by atoms with E-state index in [4.69, 9.17) is 14.9 Å². The van der Waals surface area contributed by atoms with Crippen molar-refractivity contribution in [3.63, 3.8) is 0 Å². The molecule has 2 aromatic heterocycles. The Hall–Kier alpha value is -2.12. The van der Waals surface area contributed by atoms with Crippen LogP contribution in [0.15, 0.2) is 22.7 Å². The monoisotopic (exact) mass is 278 g/mol. The number of primary amides is 1. The van der Waals surface area contributed by atoms with Crippen LogP contribution in [0.5, 0.6) is 0 Å². The molecule has 0 aliphatic carbocycles. The first-order chi connectivity index (χ1) is 9.66. The molecule has 0 aromatic carbocycles. The minimum absolute atomic E-state index is 0.0513. The number of amides is 1. The number of H-pyrrole nitrogens is 1. The third-order valence-electron chi connectivity index (χ3n) is 2.69. The fourth-order valence-corrected chi connectivity index (χ4v) is 1.77. The largest absolute Gasteiger partial charge is 0.460 e. The van der Waals surface area contributed by atoms with E-state index in [-0.39, 0.29) is 6.61 Å². The molecule has 0 fully saturated rings. The van der Waals surface area contributed by atoms with E-state index in [2.05, 4.69) is 15.5 Å². The van der Waals surface area contributed by atoms with Crippen molar-refractivity contribution < 1.29 is 13.9 Å². The molecule has 7 heteroatoms. The van der Waals surface area contributed by atoms with Crippen molar-refractivity contribution in [2.24, 2.45) is 5.73 Å². The van der Waals surface area contributed by atoms with Crippen molar-refractivity contribution in [2.45, 2.75) is 13.5 Å². The predicted octanol–water partition coefficient (Wildman–Crippen LogP) is 0.570. The van der Waals surface area contributed by atoms with E-state index in [0.29, 0.717) is 19.7 Å². The Labute approximate surface area is 116 Å². The second-order valence-electron chi connectivity index (χ2n) is 4.38. The number of aryl methyl sites for hydroxylation is 1. The van der Waals surface area contributed by atoms with E-state index >= 15 is 0 Å². The number of aromatic amines is 1. The summed E-state index contributed by atoms with van der Waals surface area (Å²) in [5.41, 5.74) is 6.84. The van der Waals surface area contributed by atoms with Gasteiger partial charge in [0.15, 0.2) is 5.76 Å². The molecule has 0 saturated carbocycles. The van der Waals surface area contributed by atoms with Gasteiger partial charge in [-0.05, 0) is 19.1 Å². The first-order valence-electron chi connectivity index (χ1n) is 6.32. The van der Waals surface area contributed by atoms with Gasteiger partial charge >= 0.3 is 0 Å². The number of ether oxygens (including phenoxy) is 1. The summed E-state index contributed by atoms with van der Waals surface area (Å²) >= 11 is 0. The number of nitrogens with two attached hydrogens (primary N) is 1. The van der Waals surface area contributed by atoms with Gasteiger partial charge in [-0.15, -0.1) is 0 Å². The molecule has 0 radical (unpaired) electrons. The molecule has 0 unspecified atom stereocenters. The van der Waals surface area contributed by atoms with Crippen LogP contribution in [0.1, 0.15) is 11.3 Å². The lowest BCUT2D eigenvalue weighted by Gasteiger charge is -2.05. The molecule has 7 nitrogen and oxygen atoms in total. The van der Waals surface area contributed by atoms with Gasteiger partial charge in [0.05, 0.1) is 12.8 Å². The molecule has 4 N–H and O–H groups in total. The summed E-state index contributed by atoms with van der Waals surface area (Å²) in [5, 5.41) is 10.2. The highest BCUT2D eigenvalue weighted by Crippen LogP contribution is 2.22. The minimum atomic E-state index is -0.463. The normalized spacial score (nSPS) is 10.8. The quantitative estimate of drug-likeness (QED) is 0.612. The standard InChI is InChI=1S/C13H18N4O3/c1-9-2-3-11(20-9)13-10(7-16-17-13)6-15-4-5-19-8-12(14)18/h2-3,7,15H,4-6,8H2,1H3,(H2,14,18)(H,16,17). The van der Waals surface area contributed by atoms with Crippen LogP contribution in [0.4, 0.5) is 0 Å². The topological polar surface area (TPSA) is 106 Å². The SMILES string of the molecule is Cc1ccc(-c2[nH]ncc2CNCCOCC(N)=O)o1. The number of carbonyl (C=O) groups is 1. The van der Waals surface area contributed by atoms with Crippen LogP contribution in [-0.4, -0.2) is 35.9 Å². The van der Waals surface area contributed by atoms with Crippen LogP contribution >= 0.6 is 0 Å². The Kier molecular flexibility index (Phi) is 4.91. The maximum absolute atomic E-state index is 10.5. The molecule has 2 aromatic rings. The van der Waals surface area contributed by atoms with Crippen molar-refractivity contribution in [1.82, 2.24) is 15.5 Å². The maximum atomic E-state index is 10.5. The van der Waals surface area contributed by atoms with E-state index in [1.165, 1.54) is 0 Å². The maximum Gasteiger partial charge on any atom is 0.243 e. The molecule has 0 spiro atoms. The number of hydrogen-bond donors (Lipinski definition) is 3. The zero-order valence-corrected chi connectivity index (χ0v) is 11.3. The molecule has 0 bridgehead atoms. The first kappa shape index (κ1) is 14.3. The zero-order chi connectivity index (χ0) is 14.4. The van der Waals surface area contributed by atoms with E-state index < -0.39 is 5.91 Å². The van der Waals surface area contributed by atoms with Gasteiger partial charge in [0.25, 0.3) is 0 Å². The second-order valence-corrected chi connectivity index (χ2v) is 4.38. The van der Waals surface area contributed by atoms with Crippen LogP contribution in [0.2, 0.25) is 0 Å². The molecule has 20 heavy (non-hydrogen) atoms. The van der Waals surface area contributed by atoms with Crippen LogP contribution in [-0.2, 0) is 16.1 Å². The molecular weight excluding hydrogens is 260 g/mol. The van der Waals surface area contributed by atoms with E-state index in [1.807, 2.05) is 19.1 Å². The van der Waals surface area contributed by atoms with E-state index in [9.17, 15) is 4.79 Å². The number of aromatic nitrogens is 2. The Balaban J connectivity index is 1.79. The molecule has 2 rings (SSSR count). The van der Waals surface area contributed by atoms with E-state index in [1.54, 1.807) is 6.20 Å². The molecule has 0 aliphatic rings. The molecule has 0 aliphatic heterocycles. The fourth-order valence-electron chi connectivity index (χ4n) is 1.77.